The molecule has 3 aromatic rings. The zero-order valence-electron chi connectivity index (χ0n) is 27.1. The smallest absolute Gasteiger partial charge is 0.183 e. The molecule has 4 heteroatoms. The second-order valence-corrected chi connectivity index (χ2v) is 16.2. The van der Waals surface area contributed by atoms with Crippen molar-refractivity contribution < 1.29 is 0 Å². The monoisotopic (exact) mass is 551 g/mol. The van der Waals surface area contributed by atoms with E-state index in [4.69, 9.17) is 0 Å². The van der Waals surface area contributed by atoms with Gasteiger partial charge in [0.2, 0.25) is 0 Å². The van der Waals surface area contributed by atoms with Gasteiger partial charge >= 0.3 is 0 Å². The Morgan fingerprint density at radius 3 is 1.07 bits per heavy atom. The van der Waals surface area contributed by atoms with Crippen LogP contribution in [0.5, 0.6) is 0 Å². The minimum Gasteiger partial charge on any atom is -0.378 e. The van der Waals surface area contributed by atoms with Crippen LogP contribution in [0, 0.1) is 26.7 Å². The molecule has 0 saturated heterocycles. The van der Waals surface area contributed by atoms with Gasteiger partial charge in [-0.25, -0.2) is 0 Å². The van der Waals surface area contributed by atoms with E-state index in [1.165, 1.54) is 66.0 Å². The van der Waals surface area contributed by atoms with Crippen LogP contribution >= 0.6 is 0 Å². The van der Waals surface area contributed by atoms with E-state index < -0.39 is 8.07 Å². The quantitative estimate of drug-likeness (QED) is 0.259. The van der Waals surface area contributed by atoms with E-state index in [0.717, 1.165) is 0 Å². The first kappa shape index (κ1) is 29.7. The highest BCUT2D eigenvalue weighted by Gasteiger charge is 2.52. The zero-order valence-corrected chi connectivity index (χ0v) is 28.1. The third kappa shape index (κ3) is 4.70. The minimum atomic E-state index is -2.90. The summed E-state index contributed by atoms with van der Waals surface area (Å²) >= 11 is 0. The SMILES string of the molecule is CC1=C(C)C(C)C([Si](c2cc(C)ccc2N(C)C)(c2cc(C)ccc2N(C)C)c2cc(C)ccc2N(C)C)=C1C. The fraction of sp³-hybridized carbons (Fsp3) is 0.389. The summed E-state index contributed by atoms with van der Waals surface area (Å²) in [6.07, 6.45) is 0. The summed E-state index contributed by atoms with van der Waals surface area (Å²) in [6, 6.07) is 21.4. The summed E-state index contributed by atoms with van der Waals surface area (Å²) in [5.41, 5.74) is 12.3. The Morgan fingerprint density at radius 2 is 0.825 bits per heavy atom. The summed E-state index contributed by atoms with van der Waals surface area (Å²) in [4.78, 5) is 6.99. The van der Waals surface area contributed by atoms with E-state index in [1.807, 2.05) is 0 Å². The molecule has 0 heterocycles. The van der Waals surface area contributed by atoms with Gasteiger partial charge in [0.25, 0.3) is 0 Å². The van der Waals surface area contributed by atoms with E-state index in [-0.39, 0.29) is 0 Å². The van der Waals surface area contributed by atoms with Gasteiger partial charge in [0, 0.05) is 59.3 Å². The fourth-order valence-corrected chi connectivity index (χ4v) is 13.6. The van der Waals surface area contributed by atoms with Gasteiger partial charge in [-0.15, -0.1) is 0 Å². The molecule has 1 atom stereocenters. The molecular weight excluding hydrogens is 503 g/mol. The van der Waals surface area contributed by atoms with E-state index >= 15 is 0 Å². The van der Waals surface area contributed by atoms with Crippen LogP contribution in [0.4, 0.5) is 17.1 Å². The van der Waals surface area contributed by atoms with Gasteiger partial charge in [-0.1, -0.05) is 76.4 Å². The van der Waals surface area contributed by atoms with Crippen LogP contribution in [0.15, 0.2) is 76.5 Å². The molecule has 4 rings (SSSR count). The van der Waals surface area contributed by atoms with E-state index in [0.29, 0.717) is 5.92 Å². The van der Waals surface area contributed by atoms with E-state index in [2.05, 4.69) is 160 Å². The number of hydrogen-bond acceptors (Lipinski definition) is 3. The number of anilines is 3. The lowest BCUT2D eigenvalue weighted by Crippen LogP contribution is -2.71. The molecule has 212 valence electrons. The molecule has 0 aliphatic heterocycles. The minimum absolute atomic E-state index is 0.355. The van der Waals surface area contributed by atoms with Crippen LogP contribution in [0.1, 0.15) is 44.4 Å². The highest BCUT2D eigenvalue weighted by Crippen LogP contribution is 2.43. The molecule has 0 radical (unpaired) electrons. The van der Waals surface area contributed by atoms with Crippen LogP contribution in [-0.4, -0.2) is 50.4 Å². The van der Waals surface area contributed by atoms with Crippen molar-refractivity contribution in [2.24, 2.45) is 5.92 Å². The molecule has 0 amide bonds. The zero-order chi connectivity index (χ0) is 29.7. The predicted octanol–water partition coefficient (Wildman–Crippen LogP) is 6.12. The van der Waals surface area contributed by atoms with Gasteiger partial charge in [0.05, 0.1) is 0 Å². The molecule has 0 aromatic heterocycles. The molecule has 1 unspecified atom stereocenters. The summed E-state index contributed by atoms with van der Waals surface area (Å²) < 4.78 is 0. The Morgan fingerprint density at radius 1 is 0.500 bits per heavy atom. The Labute approximate surface area is 244 Å². The summed E-state index contributed by atoms with van der Waals surface area (Å²) in [5.74, 6) is 0.355. The molecule has 1 aliphatic rings. The molecule has 0 saturated carbocycles. The summed E-state index contributed by atoms with van der Waals surface area (Å²) in [7, 11) is 10.3. The summed E-state index contributed by atoms with van der Waals surface area (Å²) in [6.45, 7) is 16.3. The van der Waals surface area contributed by atoms with Gasteiger partial charge in [-0.3, -0.25) is 0 Å². The standard InChI is InChI=1S/C36H49N3Si/c1-23-14-17-30(37(8)9)33(20-23)40(36-28(6)26(4)27(5)29(36)7,34-21-24(2)15-18-31(34)38(10)11)35-22-25(3)16-19-32(35)39(12)13/h14-22,28H,1-13H3. The first-order valence-corrected chi connectivity index (χ1v) is 16.5. The lowest BCUT2D eigenvalue weighted by Gasteiger charge is -2.44. The fourth-order valence-electron chi connectivity index (χ4n) is 6.86. The van der Waals surface area contributed by atoms with E-state index in [9.17, 15) is 0 Å². The van der Waals surface area contributed by atoms with Gasteiger partial charge in [0.1, 0.15) is 0 Å². The predicted molar refractivity (Wildman–Crippen MR) is 181 cm³/mol. The highest BCUT2D eigenvalue weighted by molar-refractivity contribution is 7.18. The van der Waals surface area contributed by atoms with Crippen molar-refractivity contribution in [3.63, 3.8) is 0 Å². The van der Waals surface area contributed by atoms with Gasteiger partial charge < -0.3 is 14.7 Å². The second-order valence-electron chi connectivity index (χ2n) is 12.6. The van der Waals surface area contributed by atoms with Crippen molar-refractivity contribution in [1.29, 1.82) is 0 Å². The first-order chi connectivity index (χ1) is 18.7. The Kier molecular flexibility index (Phi) is 8.15. The largest absolute Gasteiger partial charge is 0.378 e. The summed E-state index contributed by atoms with van der Waals surface area (Å²) in [5, 5.41) is 6.05. The molecule has 1 aliphatic carbocycles. The lowest BCUT2D eigenvalue weighted by atomic mass is 10.1. The number of aryl methyl sites for hydroxylation is 3. The van der Waals surface area contributed by atoms with Crippen molar-refractivity contribution in [2.45, 2.75) is 48.5 Å². The average molecular weight is 552 g/mol. The Bertz CT molecular complexity index is 1370. The molecule has 0 bridgehead atoms. The first-order valence-electron chi connectivity index (χ1n) is 14.5. The molecule has 3 nitrogen and oxygen atoms in total. The Hall–Kier alpha value is -3.24. The Balaban J connectivity index is 2.44. The second kappa shape index (κ2) is 11.0. The van der Waals surface area contributed by atoms with Crippen molar-refractivity contribution in [3.8, 4) is 0 Å². The normalized spacial score (nSPS) is 15.7. The molecule has 3 aromatic carbocycles. The molecular formula is C36H49N3Si. The van der Waals surface area contributed by atoms with E-state index in [1.54, 1.807) is 5.20 Å². The van der Waals surface area contributed by atoms with Crippen LogP contribution < -0.4 is 30.3 Å². The number of rotatable bonds is 7. The highest BCUT2D eigenvalue weighted by atomic mass is 28.3. The lowest BCUT2D eigenvalue weighted by molar-refractivity contribution is 0.851. The third-order valence-corrected chi connectivity index (χ3v) is 14.4. The maximum Gasteiger partial charge on any atom is 0.183 e. The van der Waals surface area contributed by atoms with Crippen molar-refractivity contribution in [2.75, 3.05) is 57.0 Å². The number of allylic oxidation sites excluding steroid dienone is 4. The average Bonchev–Trinajstić information content (AvgIpc) is 3.07. The van der Waals surface area contributed by atoms with Crippen LogP contribution in [-0.2, 0) is 0 Å². The van der Waals surface area contributed by atoms with Crippen LogP contribution in [0.3, 0.4) is 0 Å². The van der Waals surface area contributed by atoms with Gasteiger partial charge in [-0.05, 0) is 86.8 Å². The van der Waals surface area contributed by atoms with Crippen molar-refractivity contribution in [1.82, 2.24) is 0 Å². The number of benzene rings is 3. The third-order valence-electron chi connectivity index (χ3n) is 9.16. The number of nitrogens with zero attached hydrogens (tertiary/aromatic N) is 3. The van der Waals surface area contributed by atoms with Crippen LogP contribution in [0.2, 0.25) is 0 Å². The molecule has 0 spiro atoms. The van der Waals surface area contributed by atoms with Gasteiger partial charge in [0.15, 0.2) is 8.07 Å². The van der Waals surface area contributed by atoms with Crippen molar-refractivity contribution in [3.05, 3.63) is 93.2 Å². The maximum atomic E-state index is 2.51. The number of hydrogen-bond donors (Lipinski definition) is 0. The van der Waals surface area contributed by atoms with Gasteiger partial charge in [-0.2, -0.15) is 0 Å². The van der Waals surface area contributed by atoms with Crippen molar-refractivity contribution >= 4 is 40.7 Å². The topological polar surface area (TPSA) is 9.72 Å². The molecule has 40 heavy (non-hydrogen) atoms. The molecule has 0 N–H and O–H groups in total. The maximum absolute atomic E-state index is 2.90. The van der Waals surface area contributed by atoms with Crippen LogP contribution in [0.25, 0.3) is 0 Å². The molecule has 0 fully saturated rings.